The van der Waals surface area contributed by atoms with Crippen LogP contribution in [0.1, 0.15) is 6.42 Å². The molecular weight excluding hydrogens is 999 g/mol. The summed E-state index contributed by atoms with van der Waals surface area (Å²) in [5, 5.41) is 5.04. The van der Waals surface area contributed by atoms with Gasteiger partial charge in [0.2, 0.25) is 5.95 Å². The van der Waals surface area contributed by atoms with Crippen molar-refractivity contribution in [2.75, 3.05) is 88.7 Å². The van der Waals surface area contributed by atoms with Gasteiger partial charge in [-0.15, -0.1) is 0 Å². The summed E-state index contributed by atoms with van der Waals surface area (Å²) in [5.41, 5.74) is 36.4. The van der Waals surface area contributed by atoms with Gasteiger partial charge in [0.05, 0.1) is 49.1 Å². The molecular formula is C43H59N23S5. The molecule has 10 aromatic rings. The molecule has 10 heterocycles. The van der Waals surface area contributed by atoms with E-state index in [9.17, 15) is 0 Å². The molecule has 0 atom stereocenters. The first-order valence-electron chi connectivity index (χ1n) is 21.9. The normalized spacial score (nSPS) is 10.9. The summed E-state index contributed by atoms with van der Waals surface area (Å²) in [7, 11) is 0. The van der Waals surface area contributed by atoms with Gasteiger partial charge in [-0.25, -0.2) is 54.5 Å². The van der Waals surface area contributed by atoms with Crippen molar-refractivity contribution >= 4 is 144 Å². The highest BCUT2D eigenvalue weighted by Gasteiger charge is 2.11. The monoisotopic (exact) mass is 1060 g/mol. The number of rotatable bonds is 16. The van der Waals surface area contributed by atoms with Gasteiger partial charge in [0.25, 0.3) is 0 Å². The highest BCUT2D eigenvalue weighted by atomic mass is 32.2. The lowest BCUT2D eigenvalue weighted by Gasteiger charge is -2.02. The smallest absolute Gasteiger partial charge is 0.224 e. The number of fused-ring (bicyclic) bond motifs is 5. The van der Waals surface area contributed by atoms with Crippen molar-refractivity contribution in [1.29, 1.82) is 0 Å². The van der Waals surface area contributed by atoms with Crippen molar-refractivity contribution in [3.8, 4) is 0 Å². The summed E-state index contributed by atoms with van der Waals surface area (Å²) in [6, 6.07) is 5.67. The van der Waals surface area contributed by atoms with Gasteiger partial charge < -0.3 is 46.9 Å². The van der Waals surface area contributed by atoms with E-state index in [0.29, 0.717) is 39.8 Å². The Morgan fingerprint density at radius 3 is 1.66 bits per heavy atom. The molecule has 0 spiro atoms. The molecule has 0 aliphatic rings. The third-order valence-corrected chi connectivity index (χ3v) is 13.2. The van der Waals surface area contributed by atoms with Gasteiger partial charge in [0.1, 0.15) is 40.5 Å². The third kappa shape index (κ3) is 14.6. The maximum atomic E-state index is 5.80. The van der Waals surface area contributed by atoms with Crippen molar-refractivity contribution in [2.45, 2.75) is 39.1 Å². The van der Waals surface area contributed by atoms with E-state index in [1.54, 1.807) is 72.6 Å². The number of aryl methyl sites for hydroxylation is 5. The number of nitrogens with zero attached hydrogens (tertiary/aromatic N) is 18. The fourth-order valence-corrected chi connectivity index (χ4v) is 8.53. The predicted octanol–water partition coefficient (Wildman–Crippen LogP) is 5.46. The molecule has 0 radical (unpaired) electrons. The van der Waals surface area contributed by atoms with Gasteiger partial charge >= 0.3 is 0 Å². The van der Waals surface area contributed by atoms with Crippen molar-refractivity contribution in [3.05, 3.63) is 74.8 Å². The van der Waals surface area contributed by atoms with Gasteiger partial charge in [-0.05, 0) is 61.7 Å². The lowest BCUT2D eigenvalue weighted by atomic mass is 10.4. The van der Waals surface area contributed by atoms with E-state index in [2.05, 4.69) is 105 Å². The fraction of sp³-hybridized carbons (Fsp3) is 0.372. The van der Waals surface area contributed by atoms with Crippen LogP contribution in [-0.4, -0.2) is 148 Å². The SMILES string of the molecule is CSCCCn1cnc2c(N)ccnc21.CSCCn1cnc2c(N)nc(N)nc21.CSCCn1cnc2c(N)ncnc21.CSCCn1cnc2cccnc21.CSCCn1ncc2c(N)ncnc21. The molecule has 10 N–H and O–H groups in total. The number of imidazole rings is 4. The molecule has 10 aromatic heterocycles. The summed E-state index contributed by atoms with van der Waals surface area (Å²) in [6.07, 6.45) is 26.9. The Kier molecular flexibility index (Phi) is 21.2. The number of aromatic nitrogens is 18. The van der Waals surface area contributed by atoms with E-state index >= 15 is 0 Å². The van der Waals surface area contributed by atoms with E-state index in [-0.39, 0.29) is 5.95 Å². The van der Waals surface area contributed by atoms with Crippen LogP contribution in [0.4, 0.5) is 29.1 Å². The van der Waals surface area contributed by atoms with Gasteiger partial charge in [-0.1, -0.05) is 0 Å². The highest BCUT2D eigenvalue weighted by Crippen LogP contribution is 2.20. The van der Waals surface area contributed by atoms with Crippen molar-refractivity contribution in [2.24, 2.45) is 0 Å². The minimum Gasteiger partial charge on any atom is -0.397 e. The number of nitrogen functional groups attached to an aromatic ring is 5. The van der Waals surface area contributed by atoms with Crippen LogP contribution in [0, 0.1) is 0 Å². The Hall–Kier alpha value is -6.36. The third-order valence-electron chi connectivity index (χ3n) is 10.2. The molecule has 0 saturated heterocycles. The molecule has 23 nitrogen and oxygen atoms in total. The van der Waals surface area contributed by atoms with E-state index in [0.717, 1.165) is 107 Å². The average molecular weight is 1060 g/mol. The van der Waals surface area contributed by atoms with Crippen molar-refractivity contribution < 1.29 is 0 Å². The zero-order chi connectivity index (χ0) is 50.5. The number of pyridine rings is 2. The van der Waals surface area contributed by atoms with Crippen LogP contribution in [-0.2, 0) is 32.7 Å². The Morgan fingerprint density at radius 2 is 0.986 bits per heavy atom. The first-order valence-corrected chi connectivity index (χ1v) is 28.9. The lowest BCUT2D eigenvalue weighted by molar-refractivity contribution is 0.683. The summed E-state index contributed by atoms with van der Waals surface area (Å²) < 4.78 is 9.92. The Bertz CT molecular complexity index is 3100. The van der Waals surface area contributed by atoms with Crippen LogP contribution in [0.3, 0.4) is 0 Å². The van der Waals surface area contributed by atoms with E-state index in [4.69, 9.17) is 28.7 Å². The lowest BCUT2D eigenvalue weighted by Crippen LogP contribution is -2.04. The number of hydrogen-bond acceptors (Lipinski definition) is 23. The summed E-state index contributed by atoms with van der Waals surface area (Å²) >= 11 is 9.01. The van der Waals surface area contributed by atoms with E-state index in [1.807, 2.05) is 62.1 Å². The van der Waals surface area contributed by atoms with Crippen LogP contribution in [0.15, 0.2) is 74.8 Å². The number of anilines is 5. The standard InChI is InChI=1S/C10H14N4S.C9H11N3S.C8H12N6S.2C8H11N5S/c1-15-6-2-5-14-7-13-9-8(11)3-4-12-10(9)14;1-13-6-5-12-7-11-8-3-2-4-10-9(8)12;1-15-3-2-14-4-11-5-6(9)12-8(10)13-7(5)14;1-14-3-2-13-5-12-6-7(9)10-4-11-8(6)13;1-14-3-2-13-8-6(4-12-13)7(9)10-5-11-8/h3-4,7H,2,5-6H2,1H3,(H2,11,12);2-4,7H,5-6H2,1H3;4H,2-3H2,1H3,(H4,9,10,12,13);2*4-5H,2-3H2,1H3,(H2,9,10,11). The fourth-order valence-electron chi connectivity index (χ4n) is 6.62. The summed E-state index contributed by atoms with van der Waals surface area (Å²) in [6.45, 7) is 4.52. The molecule has 0 aliphatic heterocycles. The molecule has 0 fully saturated rings. The second-order valence-corrected chi connectivity index (χ2v) is 19.9. The van der Waals surface area contributed by atoms with Crippen LogP contribution in [0.5, 0.6) is 0 Å². The molecule has 0 saturated carbocycles. The zero-order valence-electron chi connectivity index (χ0n) is 40.2. The number of nitrogens with two attached hydrogens (primary N) is 5. The second kappa shape index (κ2) is 27.9. The zero-order valence-corrected chi connectivity index (χ0v) is 44.3. The first-order chi connectivity index (χ1) is 34.6. The van der Waals surface area contributed by atoms with Gasteiger partial charge in [-0.3, -0.25) is 0 Å². The first kappa shape index (κ1) is 54.0. The Morgan fingerprint density at radius 1 is 0.451 bits per heavy atom. The molecule has 0 unspecified atom stereocenters. The molecule has 0 bridgehead atoms. The van der Waals surface area contributed by atoms with Crippen LogP contribution < -0.4 is 28.7 Å². The van der Waals surface area contributed by atoms with Crippen molar-refractivity contribution in [3.63, 3.8) is 0 Å². The quantitative estimate of drug-likeness (QED) is 0.0750. The van der Waals surface area contributed by atoms with Crippen LogP contribution in [0.25, 0.3) is 55.7 Å². The minimum atomic E-state index is 0.186. The summed E-state index contributed by atoms with van der Waals surface area (Å²) in [4.78, 5) is 49.5. The molecule has 0 aromatic carbocycles. The molecule has 0 amide bonds. The maximum Gasteiger partial charge on any atom is 0.224 e. The van der Waals surface area contributed by atoms with Crippen molar-refractivity contribution in [1.82, 2.24) is 87.9 Å². The maximum absolute atomic E-state index is 5.80. The molecule has 0 aliphatic carbocycles. The Balaban J connectivity index is 0.000000145. The van der Waals surface area contributed by atoms with Crippen LogP contribution >= 0.6 is 58.8 Å². The molecule has 71 heavy (non-hydrogen) atoms. The second-order valence-electron chi connectivity index (χ2n) is 14.9. The van der Waals surface area contributed by atoms with E-state index < -0.39 is 0 Å². The average Bonchev–Trinajstić information content (AvgIpc) is 4.24. The summed E-state index contributed by atoms with van der Waals surface area (Å²) in [5.74, 6) is 6.75. The predicted molar refractivity (Wildman–Crippen MR) is 300 cm³/mol. The van der Waals surface area contributed by atoms with Crippen LogP contribution in [0.2, 0.25) is 0 Å². The van der Waals surface area contributed by atoms with Gasteiger partial charge in [0.15, 0.2) is 39.9 Å². The molecule has 10 rings (SSSR count). The van der Waals surface area contributed by atoms with Gasteiger partial charge in [0, 0.05) is 61.6 Å². The van der Waals surface area contributed by atoms with Gasteiger partial charge in [-0.2, -0.15) is 73.9 Å². The molecule has 28 heteroatoms. The topological polar surface area (TPSA) is 322 Å². The number of hydrogen-bond donors (Lipinski definition) is 5. The molecule has 376 valence electrons. The largest absolute Gasteiger partial charge is 0.397 e. The van der Waals surface area contributed by atoms with E-state index in [1.165, 1.54) is 12.7 Å². The Labute approximate surface area is 431 Å². The number of thioether (sulfide) groups is 5. The minimum absolute atomic E-state index is 0.186. The highest BCUT2D eigenvalue weighted by molar-refractivity contribution is 7.99.